The van der Waals surface area contributed by atoms with E-state index in [1.165, 1.54) is 0 Å². The third-order valence-electron chi connectivity index (χ3n) is 2.65. The molecule has 0 saturated carbocycles. The molecule has 0 fully saturated rings. The van der Waals surface area contributed by atoms with Crippen molar-refractivity contribution in [2.24, 2.45) is 0 Å². The van der Waals surface area contributed by atoms with E-state index in [4.69, 9.17) is 39.5 Å². The Hall–Kier alpha value is -0.930. The molecule has 0 aliphatic rings. The molecule has 0 aromatic heterocycles. The molecule has 0 bridgehead atoms. The zero-order valence-corrected chi connectivity index (χ0v) is 12.1. The third kappa shape index (κ3) is 3.34. The van der Waals surface area contributed by atoms with E-state index in [0.29, 0.717) is 26.4 Å². The molecule has 0 radical (unpaired) electrons. The maximum Gasteiger partial charge on any atom is 0.126 e. The molecule has 2 rings (SSSR count). The van der Waals surface area contributed by atoms with Gasteiger partial charge in [0.15, 0.2) is 0 Å². The van der Waals surface area contributed by atoms with Crippen molar-refractivity contribution in [1.82, 2.24) is 0 Å². The molecule has 0 spiro atoms. The number of hydrogen-bond donors (Lipinski definition) is 1. The van der Waals surface area contributed by atoms with Crippen molar-refractivity contribution in [2.45, 2.75) is 13.2 Å². The van der Waals surface area contributed by atoms with Gasteiger partial charge in [-0.3, -0.25) is 0 Å². The summed E-state index contributed by atoms with van der Waals surface area (Å²) < 4.78 is 5.64. The van der Waals surface area contributed by atoms with Crippen molar-refractivity contribution >= 4 is 34.8 Å². The average molecular weight is 318 g/mol. The van der Waals surface area contributed by atoms with Crippen LogP contribution in [0.4, 0.5) is 0 Å². The molecule has 0 saturated heterocycles. The predicted octanol–water partition coefficient (Wildman–Crippen LogP) is 4.72. The number of benzene rings is 2. The number of rotatable bonds is 4. The monoisotopic (exact) mass is 316 g/mol. The van der Waals surface area contributed by atoms with Gasteiger partial charge in [0.2, 0.25) is 0 Å². The molecule has 100 valence electrons. The van der Waals surface area contributed by atoms with E-state index in [-0.39, 0.29) is 13.2 Å². The van der Waals surface area contributed by atoms with Crippen LogP contribution in [-0.2, 0) is 13.2 Å². The number of aliphatic hydroxyl groups excluding tert-OH is 1. The Morgan fingerprint density at radius 1 is 0.947 bits per heavy atom. The largest absolute Gasteiger partial charge is 0.488 e. The summed E-state index contributed by atoms with van der Waals surface area (Å²) in [6.07, 6.45) is 0. The maximum atomic E-state index is 9.28. The van der Waals surface area contributed by atoms with Crippen LogP contribution in [0.1, 0.15) is 11.1 Å². The molecule has 1 N–H and O–H groups in total. The van der Waals surface area contributed by atoms with Crippen LogP contribution in [-0.4, -0.2) is 5.11 Å². The molecule has 2 nitrogen and oxygen atoms in total. The van der Waals surface area contributed by atoms with E-state index >= 15 is 0 Å². The minimum atomic E-state index is -0.182. The van der Waals surface area contributed by atoms with Crippen molar-refractivity contribution in [3.63, 3.8) is 0 Å². The van der Waals surface area contributed by atoms with E-state index < -0.39 is 0 Å². The lowest BCUT2D eigenvalue weighted by atomic mass is 10.2. The fourth-order valence-electron chi connectivity index (χ4n) is 1.64. The van der Waals surface area contributed by atoms with Gasteiger partial charge >= 0.3 is 0 Å². The number of aliphatic hydroxyl groups is 1. The molecule has 2 aromatic carbocycles. The fraction of sp³-hybridized carbons (Fsp3) is 0.143. The summed E-state index contributed by atoms with van der Waals surface area (Å²) in [6.45, 7) is 0.0744. The highest BCUT2D eigenvalue weighted by Gasteiger charge is 2.09. The van der Waals surface area contributed by atoms with Crippen LogP contribution < -0.4 is 4.74 Å². The van der Waals surface area contributed by atoms with Crippen LogP contribution in [0, 0.1) is 0 Å². The molecular weight excluding hydrogens is 307 g/mol. The Bertz CT molecular complexity index is 585. The fourth-order valence-corrected chi connectivity index (χ4v) is 2.24. The highest BCUT2D eigenvalue weighted by Crippen LogP contribution is 2.29. The molecule has 0 aliphatic heterocycles. The molecule has 0 atom stereocenters. The van der Waals surface area contributed by atoms with Gasteiger partial charge in [-0.2, -0.15) is 0 Å². The summed E-state index contributed by atoms with van der Waals surface area (Å²) >= 11 is 18.0. The highest BCUT2D eigenvalue weighted by atomic mass is 35.5. The van der Waals surface area contributed by atoms with Crippen LogP contribution >= 0.6 is 34.8 Å². The Labute approximate surface area is 126 Å². The van der Waals surface area contributed by atoms with Crippen molar-refractivity contribution in [2.75, 3.05) is 0 Å². The number of hydrogen-bond acceptors (Lipinski definition) is 2. The van der Waals surface area contributed by atoms with Crippen LogP contribution in [0.5, 0.6) is 5.75 Å². The Balaban J connectivity index is 2.19. The Morgan fingerprint density at radius 3 is 2.37 bits per heavy atom. The molecule has 0 aliphatic carbocycles. The van der Waals surface area contributed by atoms with Crippen molar-refractivity contribution in [1.29, 1.82) is 0 Å². The standard InChI is InChI=1S/C14H11Cl3O2/c15-11-4-2-6-13(10(11)7-18)19-8-9-3-1-5-12(16)14(9)17/h1-6,18H,7-8H2. The second-order valence-electron chi connectivity index (χ2n) is 3.88. The first kappa shape index (κ1) is 14.5. The minimum Gasteiger partial charge on any atom is -0.488 e. The molecule has 0 heterocycles. The van der Waals surface area contributed by atoms with E-state index in [1.54, 1.807) is 30.3 Å². The highest BCUT2D eigenvalue weighted by molar-refractivity contribution is 6.42. The maximum absolute atomic E-state index is 9.28. The third-order valence-corrected chi connectivity index (χ3v) is 3.86. The van der Waals surface area contributed by atoms with Gasteiger partial charge in [-0.15, -0.1) is 0 Å². The Morgan fingerprint density at radius 2 is 1.63 bits per heavy atom. The quantitative estimate of drug-likeness (QED) is 0.884. The normalized spacial score (nSPS) is 10.5. The summed E-state index contributed by atoms with van der Waals surface area (Å²) in [7, 11) is 0. The van der Waals surface area contributed by atoms with Crippen molar-refractivity contribution < 1.29 is 9.84 Å². The first-order valence-corrected chi connectivity index (χ1v) is 6.71. The SMILES string of the molecule is OCc1c(Cl)cccc1OCc1cccc(Cl)c1Cl. The Kier molecular flexibility index (Phi) is 4.94. The molecule has 19 heavy (non-hydrogen) atoms. The van der Waals surface area contributed by atoms with Crippen molar-refractivity contribution in [3.8, 4) is 5.75 Å². The van der Waals surface area contributed by atoms with E-state index in [0.717, 1.165) is 5.56 Å². The summed E-state index contributed by atoms with van der Waals surface area (Å²) in [5.41, 5.74) is 1.33. The van der Waals surface area contributed by atoms with E-state index in [9.17, 15) is 5.11 Å². The van der Waals surface area contributed by atoms with Crippen molar-refractivity contribution in [3.05, 3.63) is 62.6 Å². The van der Waals surface area contributed by atoms with Gasteiger partial charge in [0.05, 0.1) is 16.7 Å². The predicted molar refractivity (Wildman–Crippen MR) is 78.2 cm³/mol. The summed E-state index contributed by atoms with van der Waals surface area (Å²) in [6, 6.07) is 10.6. The zero-order valence-electron chi connectivity index (χ0n) is 9.87. The van der Waals surface area contributed by atoms with Crippen LogP contribution in [0.2, 0.25) is 15.1 Å². The number of halogens is 3. The molecule has 0 unspecified atom stereocenters. The summed E-state index contributed by atoms with van der Waals surface area (Å²) in [4.78, 5) is 0. The zero-order chi connectivity index (χ0) is 13.8. The summed E-state index contributed by atoms with van der Waals surface area (Å²) in [5.74, 6) is 0.533. The van der Waals surface area contributed by atoms with Gasteiger partial charge in [-0.05, 0) is 18.2 Å². The first-order valence-electron chi connectivity index (χ1n) is 5.57. The number of ether oxygens (including phenoxy) is 1. The summed E-state index contributed by atoms with van der Waals surface area (Å²) in [5, 5.41) is 10.7. The lowest BCUT2D eigenvalue weighted by Gasteiger charge is -2.12. The topological polar surface area (TPSA) is 29.5 Å². The van der Waals surface area contributed by atoms with Gasteiger partial charge in [-0.1, -0.05) is 53.0 Å². The van der Waals surface area contributed by atoms with Crippen LogP contribution in [0.15, 0.2) is 36.4 Å². The molecular formula is C14H11Cl3O2. The van der Waals surface area contributed by atoms with E-state index in [2.05, 4.69) is 0 Å². The lowest BCUT2D eigenvalue weighted by molar-refractivity contribution is 0.259. The molecule has 5 heteroatoms. The van der Waals surface area contributed by atoms with Crippen LogP contribution in [0.3, 0.4) is 0 Å². The lowest BCUT2D eigenvalue weighted by Crippen LogP contribution is -2.00. The minimum absolute atomic E-state index is 0.182. The van der Waals surface area contributed by atoms with Gasteiger partial charge in [-0.25, -0.2) is 0 Å². The molecule has 2 aromatic rings. The van der Waals surface area contributed by atoms with E-state index in [1.807, 2.05) is 6.07 Å². The smallest absolute Gasteiger partial charge is 0.126 e. The molecule has 0 amide bonds. The van der Waals surface area contributed by atoms with Gasteiger partial charge in [0, 0.05) is 16.1 Å². The van der Waals surface area contributed by atoms with Gasteiger partial charge < -0.3 is 9.84 Å². The second-order valence-corrected chi connectivity index (χ2v) is 5.07. The average Bonchev–Trinajstić information content (AvgIpc) is 2.40. The first-order chi connectivity index (χ1) is 9.13. The van der Waals surface area contributed by atoms with Gasteiger partial charge in [0.25, 0.3) is 0 Å². The van der Waals surface area contributed by atoms with Gasteiger partial charge in [0.1, 0.15) is 12.4 Å². The second kappa shape index (κ2) is 6.49. The van der Waals surface area contributed by atoms with Crippen LogP contribution in [0.25, 0.3) is 0 Å².